The molecule has 0 aliphatic carbocycles. The monoisotopic (exact) mass is 452 g/mol. The number of ether oxygens (including phenoxy) is 1. The van der Waals surface area contributed by atoms with Crippen LogP contribution in [0.2, 0.25) is 10.0 Å². The van der Waals surface area contributed by atoms with E-state index in [0.717, 1.165) is 11.1 Å². The second-order valence-corrected chi connectivity index (χ2v) is 9.22. The van der Waals surface area contributed by atoms with Crippen LogP contribution in [0.5, 0.6) is 5.88 Å². The summed E-state index contributed by atoms with van der Waals surface area (Å²) in [5.74, 6) is 0.465. The minimum Gasteiger partial charge on any atom is -0.481 e. The van der Waals surface area contributed by atoms with Gasteiger partial charge in [0.1, 0.15) is 0 Å². The quantitative estimate of drug-likeness (QED) is 0.590. The van der Waals surface area contributed by atoms with Gasteiger partial charge in [0.05, 0.1) is 34.9 Å². The summed E-state index contributed by atoms with van der Waals surface area (Å²) in [5.41, 5.74) is 2.65. The normalized spacial score (nSPS) is 16.0. The van der Waals surface area contributed by atoms with Crippen LogP contribution >= 0.6 is 23.2 Å². The van der Waals surface area contributed by atoms with Crippen LogP contribution in [0, 0.1) is 0 Å². The van der Waals surface area contributed by atoms with Crippen molar-refractivity contribution in [2.75, 3.05) is 18.0 Å². The third-order valence-corrected chi connectivity index (χ3v) is 7.17. The fraction of sp³-hybridized carbons (Fsp3) is 0.211. The van der Waals surface area contributed by atoms with E-state index in [-0.39, 0.29) is 19.6 Å². The molecule has 0 spiro atoms. The molecule has 0 saturated heterocycles. The molecule has 29 heavy (non-hydrogen) atoms. The number of nitrogens with one attached hydrogen (secondary N) is 1. The minimum absolute atomic E-state index is 0.111. The van der Waals surface area contributed by atoms with Crippen LogP contribution in [-0.4, -0.2) is 36.3 Å². The highest BCUT2D eigenvalue weighted by atomic mass is 35.5. The number of rotatable bonds is 5. The topological polar surface area (TPSA) is 78.5 Å². The van der Waals surface area contributed by atoms with Gasteiger partial charge >= 0.3 is 10.2 Å². The van der Waals surface area contributed by atoms with Crippen LogP contribution in [-0.2, 0) is 23.3 Å². The standard InChI is InChI=1S/C19H18Cl2N4O3S/c1-3-6-25-19-13(7-14(20)17-15(21)9-23-18(17)19)11-24(29(25,26)27)10-12-4-5-16(28-2)22-8-12/h3-5,7-9,23H,1,6,10-11H2,2H3. The number of aromatic nitrogens is 2. The molecule has 0 saturated carbocycles. The van der Waals surface area contributed by atoms with Crippen molar-refractivity contribution in [1.82, 2.24) is 14.3 Å². The molecule has 1 aromatic carbocycles. The average Bonchev–Trinajstić information content (AvgIpc) is 3.08. The maximum Gasteiger partial charge on any atom is 0.305 e. The molecule has 0 fully saturated rings. The summed E-state index contributed by atoms with van der Waals surface area (Å²) in [7, 11) is -2.29. The lowest BCUT2D eigenvalue weighted by Gasteiger charge is -2.37. The second-order valence-electron chi connectivity index (χ2n) is 6.56. The zero-order valence-electron chi connectivity index (χ0n) is 15.5. The Morgan fingerprint density at radius 3 is 2.79 bits per heavy atom. The van der Waals surface area contributed by atoms with E-state index in [1.165, 1.54) is 15.7 Å². The first-order valence-electron chi connectivity index (χ1n) is 8.72. The molecule has 1 aliphatic rings. The zero-order chi connectivity index (χ0) is 20.8. The zero-order valence-corrected chi connectivity index (χ0v) is 17.9. The first kappa shape index (κ1) is 20.0. The van der Waals surface area contributed by atoms with Crippen molar-refractivity contribution >= 4 is 50.0 Å². The van der Waals surface area contributed by atoms with Crippen LogP contribution in [0.15, 0.2) is 43.2 Å². The Hall–Kier alpha value is -2.26. The lowest BCUT2D eigenvalue weighted by molar-refractivity contribution is 0.387. The SMILES string of the molecule is C=CCN1c2c(cc(Cl)c3c(Cl)c[nH]c23)CN(Cc2ccc(OC)nc2)S1(=O)=O. The van der Waals surface area contributed by atoms with Gasteiger partial charge in [-0.15, -0.1) is 6.58 Å². The number of hydrogen-bond donors (Lipinski definition) is 1. The van der Waals surface area contributed by atoms with Gasteiger partial charge in [-0.1, -0.05) is 35.3 Å². The number of methoxy groups -OCH3 is 1. The summed E-state index contributed by atoms with van der Waals surface area (Å²) in [6.07, 6.45) is 4.75. The molecule has 3 aromatic rings. The van der Waals surface area contributed by atoms with Crippen molar-refractivity contribution in [3.63, 3.8) is 0 Å². The number of pyridine rings is 1. The molecule has 1 N–H and O–H groups in total. The van der Waals surface area contributed by atoms with Gasteiger partial charge in [0.25, 0.3) is 0 Å². The van der Waals surface area contributed by atoms with E-state index in [4.69, 9.17) is 27.9 Å². The second kappa shape index (κ2) is 7.53. The molecule has 0 unspecified atom stereocenters. The minimum atomic E-state index is -3.82. The Kier molecular flexibility index (Phi) is 5.20. The van der Waals surface area contributed by atoms with Gasteiger partial charge < -0.3 is 9.72 Å². The number of anilines is 1. The van der Waals surface area contributed by atoms with Crippen LogP contribution < -0.4 is 9.04 Å². The van der Waals surface area contributed by atoms with Gasteiger partial charge in [-0.3, -0.25) is 4.31 Å². The van der Waals surface area contributed by atoms with Crippen LogP contribution in [0.1, 0.15) is 11.1 Å². The van der Waals surface area contributed by atoms with Crippen LogP contribution in [0.25, 0.3) is 10.9 Å². The molecular weight excluding hydrogens is 435 g/mol. The predicted octanol–water partition coefficient (Wildman–Crippen LogP) is 4.13. The fourth-order valence-electron chi connectivity index (χ4n) is 3.47. The Morgan fingerprint density at radius 2 is 2.14 bits per heavy atom. The van der Waals surface area contributed by atoms with Gasteiger partial charge in [-0.05, 0) is 17.2 Å². The molecule has 0 atom stereocenters. The molecule has 3 heterocycles. The molecule has 2 aromatic heterocycles. The number of aromatic amines is 1. The Balaban J connectivity index is 1.82. The predicted molar refractivity (Wildman–Crippen MR) is 115 cm³/mol. The summed E-state index contributed by atoms with van der Waals surface area (Å²) in [5, 5.41) is 1.51. The first-order chi connectivity index (χ1) is 13.9. The Labute approximate surface area is 178 Å². The number of fused-ring (bicyclic) bond motifs is 3. The fourth-order valence-corrected chi connectivity index (χ4v) is 5.73. The van der Waals surface area contributed by atoms with Gasteiger partial charge in [0, 0.05) is 36.9 Å². The van der Waals surface area contributed by atoms with Crippen molar-refractivity contribution in [3.05, 3.63) is 64.4 Å². The Bertz CT molecular complexity index is 1190. The highest BCUT2D eigenvalue weighted by Crippen LogP contribution is 2.43. The molecule has 0 amide bonds. The molecular formula is C19H18Cl2N4O3S. The molecule has 7 nitrogen and oxygen atoms in total. The molecule has 0 bridgehead atoms. The number of benzene rings is 1. The van der Waals surface area contributed by atoms with E-state index in [2.05, 4.69) is 16.5 Å². The maximum atomic E-state index is 13.4. The molecule has 4 rings (SSSR count). The van der Waals surface area contributed by atoms with Crippen molar-refractivity contribution in [3.8, 4) is 5.88 Å². The van der Waals surface area contributed by atoms with Gasteiger partial charge in [-0.25, -0.2) is 4.98 Å². The van der Waals surface area contributed by atoms with E-state index in [1.54, 1.807) is 36.7 Å². The van der Waals surface area contributed by atoms with E-state index < -0.39 is 10.2 Å². The van der Waals surface area contributed by atoms with E-state index >= 15 is 0 Å². The summed E-state index contributed by atoms with van der Waals surface area (Å²) in [6.45, 7) is 4.16. The van der Waals surface area contributed by atoms with Crippen LogP contribution in [0.3, 0.4) is 0 Å². The average molecular weight is 453 g/mol. The van der Waals surface area contributed by atoms with E-state index in [1.807, 2.05) is 0 Å². The van der Waals surface area contributed by atoms with Gasteiger partial charge in [-0.2, -0.15) is 12.7 Å². The molecule has 10 heteroatoms. The molecule has 0 radical (unpaired) electrons. The third-order valence-electron chi connectivity index (χ3n) is 4.77. The summed E-state index contributed by atoms with van der Waals surface area (Å²) < 4.78 is 34.6. The molecule has 1 aliphatic heterocycles. The lowest BCUT2D eigenvalue weighted by Crippen LogP contribution is -2.47. The van der Waals surface area contributed by atoms with Crippen molar-refractivity contribution in [2.24, 2.45) is 0 Å². The maximum absolute atomic E-state index is 13.4. The highest BCUT2D eigenvalue weighted by Gasteiger charge is 2.38. The lowest BCUT2D eigenvalue weighted by atomic mass is 10.1. The van der Waals surface area contributed by atoms with E-state index in [9.17, 15) is 8.42 Å². The largest absolute Gasteiger partial charge is 0.481 e. The third kappa shape index (κ3) is 3.36. The summed E-state index contributed by atoms with van der Waals surface area (Å²) in [6, 6.07) is 5.25. The molecule has 152 valence electrons. The summed E-state index contributed by atoms with van der Waals surface area (Å²) in [4.78, 5) is 7.21. The van der Waals surface area contributed by atoms with Crippen LogP contribution in [0.4, 0.5) is 5.69 Å². The highest BCUT2D eigenvalue weighted by molar-refractivity contribution is 7.90. The van der Waals surface area contributed by atoms with Gasteiger partial charge in [0.15, 0.2) is 0 Å². The number of H-pyrrole nitrogens is 1. The first-order valence-corrected chi connectivity index (χ1v) is 10.9. The summed E-state index contributed by atoms with van der Waals surface area (Å²) >= 11 is 12.7. The number of hydrogen-bond acceptors (Lipinski definition) is 4. The van der Waals surface area contributed by atoms with Crippen molar-refractivity contribution in [2.45, 2.75) is 13.1 Å². The Morgan fingerprint density at radius 1 is 1.34 bits per heavy atom. The number of halogens is 2. The van der Waals surface area contributed by atoms with Crippen molar-refractivity contribution < 1.29 is 13.2 Å². The van der Waals surface area contributed by atoms with Gasteiger partial charge in [0.2, 0.25) is 5.88 Å². The van der Waals surface area contributed by atoms with E-state index in [0.29, 0.717) is 32.5 Å². The van der Waals surface area contributed by atoms with Crippen molar-refractivity contribution in [1.29, 1.82) is 0 Å². The number of nitrogens with zero attached hydrogens (tertiary/aromatic N) is 3. The smallest absolute Gasteiger partial charge is 0.305 e.